The van der Waals surface area contributed by atoms with Crippen molar-refractivity contribution in [3.05, 3.63) is 55.0 Å². The van der Waals surface area contributed by atoms with Crippen LogP contribution in [-0.4, -0.2) is 39.8 Å². The number of amides is 2. The first-order valence-corrected chi connectivity index (χ1v) is 8.45. The van der Waals surface area contributed by atoms with Crippen molar-refractivity contribution in [3.63, 3.8) is 0 Å². The van der Waals surface area contributed by atoms with Gasteiger partial charge in [0.1, 0.15) is 6.33 Å². The molecule has 0 saturated carbocycles. The molecule has 1 unspecified atom stereocenters. The number of aromatic nitrogens is 3. The van der Waals surface area contributed by atoms with Crippen LogP contribution in [0.1, 0.15) is 12.8 Å². The van der Waals surface area contributed by atoms with Crippen LogP contribution in [0.5, 0.6) is 0 Å². The predicted molar refractivity (Wildman–Crippen MR) is 96.8 cm³/mol. The fourth-order valence-corrected chi connectivity index (χ4v) is 3.29. The zero-order valence-electron chi connectivity index (χ0n) is 13.8. The highest BCUT2D eigenvalue weighted by molar-refractivity contribution is 5.89. The first kappa shape index (κ1) is 15.4. The number of anilines is 2. The molecule has 25 heavy (non-hydrogen) atoms. The minimum absolute atomic E-state index is 0.205. The Kier molecular flexibility index (Phi) is 4.20. The Labute approximate surface area is 145 Å². The van der Waals surface area contributed by atoms with Gasteiger partial charge in [-0.25, -0.2) is 14.3 Å². The van der Waals surface area contributed by atoms with Gasteiger partial charge in [0.15, 0.2) is 5.65 Å². The van der Waals surface area contributed by atoms with Gasteiger partial charge in [-0.15, -0.1) is 0 Å². The maximum atomic E-state index is 12.2. The monoisotopic (exact) mass is 336 g/mol. The van der Waals surface area contributed by atoms with E-state index in [1.165, 1.54) is 12.0 Å². The van der Waals surface area contributed by atoms with Gasteiger partial charge in [-0.1, -0.05) is 18.2 Å². The van der Waals surface area contributed by atoms with E-state index >= 15 is 0 Å². The molecule has 2 N–H and O–H groups in total. The van der Waals surface area contributed by atoms with Gasteiger partial charge >= 0.3 is 6.03 Å². The van der Waals surface area contributed by atoms with E-state index in [1.807, 2.05) is 18.2 Å². The van der Waals surface area contributed by atoms with Crippen molar-refractivity contribution in [2.45, 2.75) is 18.9 Å². The van der Waals surface area contributed by atoms with Crippen LogP contribution in [0.25, 0.3) is 5.65 Å². The molecule has 0 radical (unpaired) electrons. The van der Waals surface area contributed by atoms with Gasteiger partial charge in [-0.2, -0.15) is 5.10 Å². The largest absolute Gasteiger partial charge is 0.367 e. The van der Waals surface area contributed by atoms with E-state index in [0.29, 0.717) is 23.9 Å². The van der Waals surface area contributed by atoms with Gasteiger partial charge in [0.05, 0.1) is 0 Å². The molecule has 1 atom stereocenters. The second kappa shape index (κ2) is 6.80. The van der Waals surface area contributed by atoms with E-state index in [4.69, 9.17) is 0 Å². The standard InChI is InChI=1S/C18H20N6O/c25-18(22-14-8-10-24-17(11-14)20-13-21-24)19-12-16-7-4-9-23(16)15-5-2-1-3-6-15/h1-3,5-6,8,10-11,13,16H,4,7,9,12H2,(H2,19,22,25). The van der Waals surface area contributed by atoms with Crippen LogP contribution in [0.3, 0.4) is 0 Å². The molecule has 7 nitrogen and oxygen atoms in total. The minimum atomic E-state index is -0.205. The van der Waals surface area contributed by atoms with Crippen LogP contribution in [0.2, 0.25) is 0 Å². The Bertz CT molecular complexity index is 862. The van der Waals surface area contributed by atoms with Crippen LogP contribution >= 0.6 is 0 Å². The van der Waals surface area contributed by atoms with Gasteiger partial charge < -0.3 is 15.5 Å². The zero-order valence-corrected chi connectivity index (χ0v) is 13.8. The highest BCUT2D eigenvalue weighted by Gasteiger charge is 2.24. The molecule has 7 heteroatoms. The van der Waals surface area contributed by atoms with E-state index in [2.05, 4.69) is 37.7 Å². The molecule has 4 rings (SSSR count). The lowest BCUT2D eigenvalue weighted by atomic mass is 10.2. The van der Waals surface area contributed by atoms with Crippen LogP contribution in [0.4, 0.5) is 16.2 Å². The summed E-state index contributed by atoms with van der Waals surface area (Å²) in [6.07, 6.45) is 5.48. The number of urea groups is 1. The number of carbonyl (C=O) groups excluding carboxylic acids is 1. The van der Waals surface area contributed by atoms with E-state index in [0.717, 1.165) is 19.4 Å². The topological polar surface area (TPSA) is 74.6 Å². The third kappa shape index (κ3) is 3.40. The molecule has 128 valence electrons. The molecule has 1 aliphatic rings. The summed E-state index contributed by atoms with van der Waals surface area (Å²) in [5, 5.41) is 9.87. The Morgan fingerprint density at radius 3 is 3.00 bits per heavy atom. The second-order valence-electron chi connectivity index (χ2n) is 6.14. The molecule has 2 aromatic heterocycles. The Morgan fingerprint density at radius 1 is 1.24 bits per heavy atom. The van der Waals surface area contributed by atoms with Gasteiger partial charge in [0, 0.05) is 42.8 Å². The number of nitrogens with one attached hydrogen (secondary N) is 2. The number of hydrogen-bond donors (Lipinski definition) is 2. The molecule has 1 aromatic carbocycles. The smallest absolute Gasteiger partial charge is 0.319 e. The third-order valence-corrected chi connectivity index (χ3v) is 4.50. The molecular formula is C18H20N6O. The van der Waals surface area contributed by atoms with E-state index in [1.54, 1.807) is 22.8 Å². The molecule has 3 aromatic rings. The lowest BCUT2D eigenvalue weighted by Crippen LogP contribution is -2.41. The number of para-hydroxylation sites is 1. The van der Waals surface area contributed by atoms with Crippen LogP contribution in [0, 0.1) is 0 Å². The fourth-order valence-electron chi connectivity index (χ4n) is 3.29. The maximum absolute atomic E-state index is 12.2. The summed E-state index contributed by atoms with van der Waals surface area (Å²) in [6.45, 7) is 1.65. The van der Waals surface area contributed by atoms with Gasteiger partial charge in [0.2, 0.25) is 0 Å². The molecular weight excluding hydrogens is 316 g/mol. The van der Waals surface area contributed by atoms with Crippen molar-refractivity contribution in [1.29, 1.82) is 0 Å². The number of rotatable bonds is 4. The number of fused-ring (bicyclic) bond motifs is 1. The SMILES string of the molecule is O=C(NCC1CCCN1c1ccccc1)Nc1ccn2ncnc2c1. The zero-order chi connectivity index (χ0) is 17.1. The summed E-state index contributed by atoms with van der Waals surface area (Å²) in [4.78, 5) is 18.7. The van der Waals surface area contributed by atoms with Crippen molar-refractivity contribution in [3.8, 4) is 0 Å². The fraction of sp³-hybridized carbons (Fsp3) is 0.278. The van der Waals surface area contributed by atoms with E-state index in [-0.39, 0.29) is 6.03 Å². The number of nitrogens with zero attached hydrogens (tertiary/aromatic N) is 4. The summed E-state index contributed by atoms with van der Waals surface area (Å²) < 4.78 is 1.65. The highest BCUT2D eigenvalue weighted by Crippen LogP contribution is 2.24. The molecule has 3 heterocycles. The summed E-state index contributed by atoms with van der Waals surface area (Å²) in [7, 11) is 0. The first-order valence-electron chi connectivity index (χ1n) is 8.45. The number of benzene rings is 1. The molecule has 2 amide bonds. The van der Waals surface area contributed by atoms with Crippen LogP contribution < -0.4 is 15.5 Å². The lowest BCUT2D eigenvalue weighted by Gasteiger charge is -2.27. The number of carbonyl (C=O) groups is 1. The Balaban J connectivity index is 1.35. The number of pyridine rings is 1. The summed E-state index contributed by atoms with van der Waals surface area (Å²) in [6, 6.07) is 14.1. The molecule has 0 bridgehead atoms. The second-order valence-corrected chi connectivity index (χ2v) is 6.14. The highest BCUT2D eigenvalue weighted by atomic mass is 16.2. The molecule has 1 aliphatic heterocycles. The van der Waals surface area contributed by atoms with Gasteiger partial charge in [-0.3, -0.25) is 0 Å². The van der Waals surface area contributed by atoms with E-state index < -0.39 is 0 Å². The predicted octanol–water partition coefficient (Wildman–Crippen LogP) is 2.52. The normalized spacial score (nSPS) is 17.0. The van der Waals surface area contributed by atoms with Gasteiger partial charge in [0.25, 0.3) is 0 Å². The van der Waals surface area contributed by atoms with E-state index in [9.17, 15) is 4.79 Å². The van der Waals surface area contributed by atoms with Crippen molar-refractivity contribution < 1.29 is 4.79 Å². The van der Waals surface area contributed by atoms with Crippen molar-refractivity contribution in [2.75, 3.05) is 23.3 Å². The first-order chi connectivity index (χ1) is 12.3. The van der Waals surface area contributed by atoms with Gasteiger partial charge in [-0.05, 0) is 31.0 Å². The summed E-state index contributed by atoms with van der Waals surface area (Å²) >= 11 is 0. The van der Waals surface area contributed by atoms with Crippen molar-refractivity contribution in [2.24, 2.45) is 0 Å². The maximum Gasteiger partial charge on any atom is 0.319 e. The third-order valence-electron chi connectivity index (χ3n) is 4.50. The summed E-state index contributed by atoms with van der Waals surface area (Å²) in [5.41, 5.74) is 2.61. The minimum Gasteiger partial charge on any atom is -0.367 e. The summed E-state index contributed by atoms with van der Waals surface area (Å²) in [5.74, 6) is 0. The van der Waals surface area contributed by atoms with Crippen molar-refractivity contribution >= 4 is 23.1 Å². The van der Waals surface area contributed by atoms with Crippen molar-refractivity contribution in [1.82, 2.24) is 19.9 Å². The average Bonchev–Trinajstić information content (AvgIpc) is 3.29. The molecule has 1 fully saturated rings. The quantitative estimate of drug-likeness (QED) is 0.768. The Morgan fingerprint density at radius 2 is 2.12 bits per heavy atom. The lowest BCUT2D eigenvalue weighted by molar-refractivity contribution is 0.251. The molecule has 1 saturated heterocycles. The number of hydrogen-bond acceptors (Lipinski definition) is 4. The Hall–Kier alpha value is -3.09. The molecule has 0 aliphatic carbocycles. The van der Waals surface area contributed by atoms with Crippen LogP contribution in [-0.2, 0) is 0 Å². The van der Waals surface area contributed by atoms with Crippen LogP contribution in [0.15, 0.2) is 55.0 Å². The average molecular weight is 336 g/mol. The molecule has 0 spiro atoms.